The highest BCUT2D eigenvalue weighted by Crippen LogP contribution is 2.28. The van der Waals surface area contributed by atoms with Crippen molar-refractivity contribution in [2.45, 2.75) is 12.8 Å². The number of carbonyl (C=O) groups excluding carboxylic acids is 2. The second-order valence-corrected chi connectivity index (χ2v) is 7.56. The molecule has 2 amide bonds. The third-order valence-corrected chi connectivity index (χ3v) is 5.43. The van der Waals surface area contributed by atoms with Crippen LogP contribution in [0.2, 0.25) is 0 Å². The predicted octanol–water partition coefficient (Wildman–Crippen LogP) is 2.72. The summed E-state index contributed by atoms with van der Waals surface area (Å²) < 4.78 is 16.3. The minimum Gasteiger partial charge on any atom is -0.497 e. The van der Waals surface area contributed by atoms with E-state index in [9.17, 15) is 9.59 Å². The molecule has 0 unspecified atom stereocenters. The van der Waals surface area contributed by atoms with Crippen LogP contribution in [-0.4, -0.2) is 68.6 Å². The quantitative estimate of drug-likeness (QED) is 0.563. The Labute approximate surface area is 189 Å². The lowest BCUT2D eigenvalue weighted by Crippen LogP contribution is -2.52. The Morgan fingerprint density at radius 1 is 0.906 bits per heavy atom. The lowest BCUT2D eigenvalue weighted by molar-refractivity contribution is -0.140. The van der Waals surface area contributed by atoms with Crippen molar-refractivity contribution in [1.29, 1.82) is 0 Å². The van der Waals surface area contributed by atoms with Gasteiger partial charge in [-0.15, -0.1) is 6.58 Å². The molecule has 1 aliphatic rings. The van der Waals surface area contributed by atoms with Crippen molar-refractivity contribution in [3.8, 4) is 17.2 Å². The van der Waals surface area contributed by atoms with Crippen LogP contribution in [-0.2, 0) is 22.4 Å². The largest absolute Gasteiger partial charge is 0.497 e. The molecule has 1 aliphatic heterocycles. The van der Waals surface area contributed by atoms with Crippen LogP contribution in [0.4, 0.5) is 0 Å². The molecule has 0 aromatic heterocycles. The topological polar surface area (TPSA) is 68.3 Å². The lowest BCUT2D eigenvalue weighted by atomic mass is 10.1. The maximum Gasteiger partial charge on any atom is 0.260 e. The van der Waals surface area contributed by atoms with Crippen LogP contribution in [0, 0.1) is 0 Å². The predicted molar refractivity (Wildman–Crippen MR) is 122 cm³/mol. The second kappa shape index (κ2) is 11.2. The first kappa shape index (κ1) is 23.2. The molecule has 1 fully saturated rings. The Morgan fingerprint density at radius 2 is 1.62 bits per heavy atom. The van der Waals surface area contributed by atoms with Crippen LogP contribution in [0.1, 0.15) is 11.1 Å². The van der Waals surface area contributed by atoms with E-state index in [1.54, 1.807) is 30.1 Å². The Balaban J connectivity index is 1.48. The van der Waals surface area contributed by atoms with Gasteiger partial charge in [0.05, 0.1) is 20.6 Å². The summed E-state index contributed by atoms with van der Waals surface area (Å²) in [5.74, 6) is 1.79. The number of methoxy groups -OCH3 is 2. The van der Waals surface area contributed by atoms with Gasteiger partial charge in [0.1, 0.15) is 5.75 Å². The molecular formula is C25H30N2O5. The van der Waals surface area contributed by atoms with E-state index in [4.69, 9.17) is 14.2 Å². The smallest absolute Gasteiger partial charge is 0.260 e. The molecule has 7 heteroatoms. The monoisotopic (exact) mass is 438 g/mol. The first-order valence-corrected chi connectivity index (χ1v) is 10.6. The molecule has 0 spiro atoms. The summed E-state index contributed by atoms with van der Waals surface area (Å²) in [6.45, 7) is 5.65. The third-order valence-electron chi connectivity index (χ3n) is 5.43. The normalized spacial score (nSPS) is 13.4. The van der Waals surface area contributed by atoms with Crippen molar-refractivity contribution in [2.24, 2.45) is 0 Å². The van der Waals surface area contributed by atoms with Gasteiger partial charge in [-0.1, -0.05) is 24.3 Å². The summed E-state index contributed by atoms with van der Waals surface area (Å²) in [7, 11) is 3.18. The number of carbonyl (C=O) groups is 2. The summed E-state index contributed by atoms with van der Waals surface area (Å²) in [5.41, 5.74) is 1.97. The van der Waals surface area contributed by atoms with Crippen molar-refractivity contribution < 1.29 is 23.8 Å². The average Bonchev–Trinajstić information content (AvgIpc) is 2.83. The van der Waals surface area contributed by atoms with Gasteiger partial charge in [-0.3, -0.25) is 9.59 Å². The van der Waals surface area contributed by atoms with Gasteiger partial charge in [0.15, 0.2) is 18.1 Å². The van der Waals surface area contributed by atoms with Gasteiger partial charge < -0.3 is 24.0 Å². The standard InChI is InChI=1S/C25H30N2O5/c1-4-6-19-9-10-22(23(16-19)31-3)32-18-25(29)27-13-11-26(12-14-27)24(28)17-20-7-5-8-21(15-20)30-2/h4-5,7-10,15-16H,1,6,11-14,17-18H2,2-3H3. The van der Waals surface area contributed by atoms with E-state index in [0.717, 1.165) is 23.3 Å². The summed E-state index contributed by atoms with van der Waals surface area (Å²) >= 11 is 0. The molecule has 2 aromatic rings. The van der Waals surface area contributed by atoms with E-state index < -0.39 is 0 Å². The molecule has 1 heterocycles. The first-order chi connectivity index (χ1) is 15.5. The first-order valence-electron chi connectivity index (χ1n) is 10.6. The van der Waals surface area contributed by atoms with Gasteiger partial charge in [-0.25, -0.2) is 0 Å². The van der Waals surface area contributed by atoms with E-state index in [1.807, 2.05) is 42.5 Å². The molecule has 32 heavy (non-hydrogen) atoms. The van der Waals surface area contributed by atoms with E-state index in [0.29, 0.717) is 44.1 Å². The number of rotatable bonds is 9. The van der Waals surface area contributed by atoms with Gasteiger partial charge in [-0.2, -0.15) is 0 Å². The molecule has 0 bridgehead atoms. The van der Waals surface area contributed by atoms with Crippen LogP contribution in [0.15, 0.2) is 55.1 Å². The molecule has 0 N–H and O–H groups in total. The highest BCUT2D eigenvalue weighted by atomic mass is 16.5. The van der Waals surface area contributed by atoms with Crippen molar-refractivity contribution in [2.75, 3.05) is 47.0 Å². The van der Waals surface area contributed by atoms with Gasteiger partial charge in [-0.05, 0) is 41.8 Å². The maximum atomic E-state index is 12.6. The highest BCUT2D eigenvalue weighted by Gasteiger charge is 2.24. The summed E-state index contributed by atoms with van der Waals surface area (Å²) in [6, 6.07) is 13.1. The van der Waals surface area contributed by atoms with E-state index in [1.165, 1.54) is 0 Å². The van der Waals surface area contributed by atoms with Gasteiger partial charge in [0.25, 0.3) is 5.91 Å². The van der Waals surface area contributed by atoms with Gasteiger partial charge in [0, 0.05) is 26.2 Å². The molecule has 170 valence electrons. The number of hydrogen-bond donors (Lipinski definition) is 0. The fourth-order valence-corrected chi connectivity index (χ4v) is 3.63. The molecule has 0 atom stereocenters. The zero-order valence-electron chi connectivity index (χ0n) is 18.7. The fraction of sp³-hybridized carbons (Fsp3) is 0.360. The Hall–Kier alpha value is -3.48. The highest BCUT2D eigenvalue weighted by molar-refractivity contribution is 5.80. The number of nitrogens with zero attached hydrogens (tertiary/aromatic N) is 2. The van der Waals surface area contributed by atoms with Crippen LogP contribution in [0.3, 0.4) is 0 Å². The van der Waals surface area contributed by atoms with Crippen molar-refractivity contribution in [1.82, 2.24) is 9.80 Å². The number of ether oxygens (including phenoxy) is 3. The maximum absolute atomic E-state index is 12.6. The number of benzene rings is 2. The fourth-order valence-electron chi connectivity index (χ4n) is 3.63. The number of hydrogen-bond acceptors (Lipinski definition) is 5. The molecule has 3 rings (SSSR count). The zero-order valence-corrected chi connectivity index (χ0v) is 18.7. The minimum atomic E-state index is -0.109. The minimum absolute atomic E-state index is 0.0472. The van der Waals surface area contributed by atoms with Crippen molar-refractivity contribution in [3.05, 3.63) is 66.2 Å². The van der Waals surface area contributed by atoms with E-state index >= 15 is 0 Å². The molecule has 0 radical (unpaired) electrons. The Kier molecular flexibility index (Phi) is 8.14. The molecular weight excluding hydrogens is 408 g/mol. The number of piperazine rings is 1. The summed E-state index contributed by atoms with van der Waals surface area (Å²) in [5, 5.41) is 0. The Morgan fingerprint density at radius 3 is 2.28 bits per heavy atom. The number of amides is 2. The molecule has 0 saturated carbocycles. The molecule has 0 aliphatic carbocycles. The average molecular weight is 439 g/mol. The zero-order chi connectivity index (χ0) is 22.9. The van der Waals surface area contributed by atoms with Crippen LogP contribution in [0.25, 0.3) is 0 Å². The molecule has 2 aromatic carbocycles. The number of allylic oxidation sites excluding steroid dienone is 1. The van der Waals surface area contributed by atoms with Crippen LogP contribution < -0.4 is 14.2 Å². The van der Waals surface area contributed by atoms with Crippen LogP contribution >= 0.6 is 0 Å². The van der Waals surface area contributed by atoms with Gasteiger partial charge >= 0.3 is 0 Å². The SMILES string of the molecule is C=CCc1ccc(OCC(=O)N2CCN(C(=O)Cc3cccc(OC)c3)CC2)c(OC)c1. The van der Waals surface area contributed by atoms with E-state index in [2.05, 4.69) is 6.58 Å². The van der Waals surface area contributed by atoms with E-state index in [-0.39, 0.29) is 18.4 Å². The lowest BCUT2D eigenvalue weighted by Gasteiger charge is -2.34. The molecule has 7 nitrogen and oxygen atoms in total. The summed E-state index contributed by atoms with van der Waals surface area (Å²) in [6.07, 6.45) is 2.87. The van der Waals surface area contributed by atoms with Crippen LogP contribution in [0.5, 0.6) is 17.2 Å². The molecule has 1 saturated heterocycles. The van der Waals surface area contributed by atoms with Gasteiger partial charge in [0.2, 0.25) is 5.91 Å². The second-order valence-electron chi connectivity index (χ2n) is 7.56. The van der Waals surface area contributed by atoms with Crippen molar-refractivity contribution >= 4 is 11.8 Å². The third kappa shape index (κ3) is 6.03. The van der Waals surface area contributed by atoms with Crippen molar-refractivity contribution in [3.63, 3.8) is 0 Å². The summed E-state index contributed by atoms with van der Waals surface area (Å²) in [4.78, 5) is 28.8. The Bertz CT molecular complexity index is 951.